The first-order chi connectivity index (χ1) is 10.8. The second-order valence-electron chi connectivity index (χ2n) is 4.57. The number of amides is 1. The number of hydrogen-bond donors (Lipinski definition) is 1. The first-order valence-corrected chi connectivity index (χ1v) is 7.11. The summed E-state index contributed by atoms with van der Waals surface area (Å²) in [4.78, 5) is 19.6. The molecule has 0 fully saturated rings. The summed E-state index contributed by atoms with van der Waals surface area (Å²) in [7, 11) is 0. The Morgan fingerprint density at radius 3 is 2.61 bits per heavy atom. The topological polar surface area (TPSA) is 54.9 Å². The molecule has 0 unspecified atom stereocenters. The molecule has 0 aliphatic heterocycles. The van der Waals surface area contributed by atoms with Crippen LogP contribution in [0.2, 0.25) is 10.3 Å². The minimum atomic E-state index is -4.48. The fraction of sp³-hybridized carbons (Fsp3) is 0.214. The van der Waals surface area contributed by atoms with Crippen molar-refractivity contribution in [3.63, 3.8) is 0 Å². The molecule has 9 heteroatoms. The van der Waals surface area contributed by atoms with Gasteiger partial charge in [0.05, 0.1) is 16.9 Å². The van der Waals surface area contributed by atoms with Gasteiger partial charge < -0.3 is 5.32 Å². The van der Waals surface area contributed by atoms with Crippen molar-refractivity contribution in [2.24, 2.45) is 0 Å². The Balaban J connectivity index is 2.23. The summed E-state index contributed by atoms with van der Waals surface area (Å²) >= 11 is 11.7. The van der Waals surface area contributed by atoms with E-state index in [0.717, 1.165) is 0 Å². The standard InChI is InChI=1S/C14H10Cl2F3N3O/c15-10-6-20-13(16)22-11(10)5-8-3-1-2-4-9(8)12(23)21-7-14(17,18)19/h1-4,6H,5,7H2,(H,21,23). The number of hydrogen-bond acceptors (Lipinski definition) is 3. The van der Waals surface area contributed by atoms with Gasteiger partial charge in [-0.25, -0.2) is 9.97 Å². The molecule has 0 aliphatic rings. The number of carbonyl (C=O) groups is 1. The SMILES string of the molecule is O=C(NCC(F)(F)F)c1ccccc1Cc1nc(Cl)ncc1Cl. The predicted molar refractivity (Wildman–Crippen MR) is 79.7 cm³/mol. The zero-order valence-electron chi connectivity index (χ0n) is 11.5. The number of rotatable bonds is 4. The van der Waals surface area contributed by atoms with E-state index in [1.165, 1.54) is 12.3 Å². The van der Waals surface area contributed by atoms with Gasteiger partial charge in [-0.3, -0.25) is 4.79 Å². The van der Waals surface area contributed by atoms with Gasteiger partial charge in [-0.1, -0.05) is 29.8 Å². The van der Waals surface area contributed by atoms with Gasteiger partial charge in [-0.2, -0.15) is 13.2 Å². The molecule has 1 N–H and O–H groups in total. The van der Waals surface area contributed by atoms with E-state index < -0.39 is 18.6 Å². The molecule has 2 rings (SSSR count). The molecule has 0 aliphatic carbocycles. The number of carbonyl (C=O) groups excluding carboxylic acids is 1. The molecule has 1 heterocycles. The summed E-state index contributed by atoms with van der Waals surface area (Å²) in [6.45, 7) is -1.40. The number of benzene rings is 1. The van der Waals surface area contributed by atoms with Crippen LogP contribution in [0.15, 0.2) is 30.5 Å². The van der Waals surface area contributed by atoms with Gasteiger partial charge in [0.15, 0.2) is 0 Å². The number of alkyl halides is 3. The Kier molecular flexibility index (Phi) is 5.43. The van der Waals surface area contributed by atoms with E-state index in [9.17, 15) is 18.0 Å². The minimum absolute atomic E-state index is 0.0107. The van der Waals surface area contributed by atoms with Crippen LogP contribution in [0.5, 0.6) is 0 Å². The summed E-state index contributed by atoms with van der Waals surface area (Å²) in [5.74, 6) is -0.825. The Morgan fingerprint density at radius 2 is 1.91 bits per heavy atom. The van der Waals surface area contributed by atoms with E-state index in [4.69, 9.17) is 23.2 Å². The van der Waals surface area contributed by atoms with Gasteiger partial charge in [0.2, 0.25) is 5.28 Å². The summed E-state index contributed by atoms with van der Waals surface area (Å²) < 4.78 is 36.6. The lowest BCUT2D eigenvalue weighted by molar-refractivity contribution is -0.123. The van der Waals surface area contributed by atoms with Gasteiger partial charge in [0.1, 0.15) is 6.54 Å². The van der Waals surface area contributed by atoms with Gasteiger partial charge in [0.25, 0.3) is 5.91 Å². The van der Waals surface area contributed by atoms with Crippen molar-refractivity contribution >= 4 is 29.1 Å². The fourth-order valence-corrected chi connectivity index (χ4v) is 2.16. The smallest absolute Gasteiger partial charge is 0.343 e. The summed E-state index contributed by atoms with van der Waals surface area (Å²) in [6, 6.07) is 6.25. The maximum Gasteiger partial charge on any atom is 0.405 e. The van der Waals surface area contributed by atoms with Gasteiger partial charge in [0, 0.05) is 12.0 Å². The third-order valence-electron chi connectivity index (χ3n) is 2.86. The van der Waals surface area contributed by atoms with Gasteiger partial charge >= 0.3 is 6.18 Å². The van der Waals surface area contributed by atoms with Crippen molar-refractivity contribution < 1.29 is 18.0 Å². The highest BCUT2D eigenvalue weighted by Crippen LogP contribution is 2.20. The minimum Gasteiger partial charge on any atom is -0.343 e. The van der Waals surface area contributed by atoms with Crippen molar-refractivity contribution in [3.8, 4) is 0 Å². The maximum atomic E-state index is 12.2. The molecule has 1 amide bonds. The lowest BCUT2D eigenvalue weighted by Gasteiger charge is -2.12. The van der Waals surface area contributed by atoms with Crippen LogP contribution in [0, 0.1) is 0 Å². The molecular formula is C14H10Cl2F3N3O. The van der Waals surface area contributed by atoms with Crippen molar-refractivity contribution in [1.29, 1.82) is 0 Å². The van der Waals surface area contributed by atoms with Crippen LogP contribution < -0.4 is 5.32 Å². The Bertz CT molecular complexity index is 723. The second kappa shape index (κ2) is 7.14. The third kappa shape index (κ3) is 5.07. The largest absolute Gasteiger partial charge is 0.405 e. The van der Waals surface area contributed by atoms with Crippen molar-refractivity contribution in [1.82, 2.24) is 15.3 Å². The Labute approximate surface area is 139 Å². The van der Waals surface area contributed by atoms with Crippen LogP contribution >= 0.6 is 23.2 Å². The van der Waals surface area contributed by atoms with Crippen LogP contribution in [0.1, 0.15) is 21.6 Å². The van der Waals surface area contributed by atoms with Gasteiger partial charge in [-0.15, -0.1) is 0 Å². The predicted octanol–water partition coefficient (Wildman–Crippen LogP) is 3.67. The molecule has 0 radical (unpaired) electrons. The van der Waals surface area contributed by atoms with Crippen molar-refractivity contribution in [2.75, 3.05) is 6.54 Å². The number of nitrogens with zero attached hydrogens (tertiary/aromatic N) is 2. The van der Waals surface area contributed by atoms with E-state index >= 15 is 0 Å². The average molecular weight is 364 g/mol. The molecule has 23 heavy (non-hydrogen) atoms. The highest BCUT2D eigenvalue weighted by molar-refractivity contribution is 6.32. The quantitative estimate of drug-likeness (QED) is 0.843. The molecule has 1 aromatic carbocycles. The van der Waals surface area contributed by atoms with Crippen LogP contribution in [0.4, 0.5) is 13.2 Å². The number of nitrogens with one attached hydrogen (secondary N) is 1. The molecule has 0 atom stereocenters. The first-order valence-electron chi connectivity index (χ1n) is 6.36. The zero-order valence-corrected chi connectivity index (χ0v) is 13.0. The Hall–Kier alpha value is -1.86. The third-order valence-corrected chi connectivity index (χ3v) is 3.35. The van der Waals surface area contributed by atoms with E-state index in [2.05, 4.69) is 9.97 Å². The Morgan fingerprint density at radius 1 is 1.22 bits per heavy atom. The molecule has 2 aromatic rings. The van der Waals surface area contributed by atoms with E-state index in [-0.39, 0.29) is 22.3 Å². The monoisotopic (exact) mass is 363 g/mol. The van der Waals surface area contributed by atoms with Crippen LogP contribution in [-0.4, -0.2) is 28.6 Å². The highest BCUT2D eigenvalue weighted by Gasteiger charge is 2.28. The fourth-order valence-electron chi connectivity index (χ4n) is 1.85. The number of halogens is 5. The molecular weight excluding hydrogens is 354 g/mol. The van der Waals surface area contributed by atoms with Crippen LogP contribution in [-0.2, 0) is 6.42 Å². The number of aromatic nitrogens is 2. The lowest BCUT2D eigenvalue weighted by atomic mass is 10.0. The molecule has 1 aromatic heterocycles. The maximum absolute atomic E-state index is 12.2. The van der Waals surface area contributed by atoms with Crippen molar-refractivity contribution in [3.05, 3.63) is 57.6 Å². The average Bonchev–Trinajstić information content (AvgIpc) is 2.48. The molecule has 122 valence electrons. The molecule has 0 spiro atoms. The van der Waals surface area contributed by atoms with E-state index in [1.54, 1.807) is 18.2 Å². The first kappa shape index (κ1) is 17.5. The summed E-state index contributed by atoms with van der Waals surface area (Å²) in [5, 5.41) is 2.07. The van der Waals surface area contributed by atoms with E-state index in [1.807, 2.05) is 5.32 Å². The van der Waals surface area contributed by atoms with Gasteiger partial charge in [-0.05, 0) is 23.2 Å². The molecule has 0 saturated carbocycles. The van der Waals surface area contributed by atoms with Crippen LogP contribution in [0.3, 0.4) is 0 Å². The summed E-state index contributed by atoms with van der Waals surface area (Å²) in [6.07, 6.45) is -3.02. The highest BCUT2D eigenvalue weighted by atomic mass is 35.5. The zero-order chi connectivity index (χ0) is 17.0. The molecule has 4 nitrogen and oxygen atoms in total. The van der Waals surface area contributed by atoms with Crippen molar-refractivity contribution in [2.45, 2.75) is 12.6 Å². The molecule has 0 bridgehead atoms. The second-order valence-corrected chi connectivity index (χ2v) is 5.31. The normalized spacial score (nSPS) is 11.3. The molecule has 0 saturated heterocycles. The lowest BCUT2D eigenvalue weighted by Crippen LogP contribution is -2.34. The van der Waals surface area contributed by atoms with E-state index in [0.29, 0.717) is 11.3 Å². The van der Waals surface area contributed by atoms with Crippen LogP contribution in [0.25, 0.3) is 0 Å². The summed E-state index contributed by atoms with van der Waals surface area (Å²) in [5.41, 5.74) is 0.967.